The van der Waals surface area contributed by atoms with E-state index in [1.54, 1.807) is 18.4 Å². The average molecular weight is 388 g/mol. The minimum Gasteiger partial charge on any atom is -0.352 e. The molecule has 146 valence electrons. The smallest absolute Gasteiger partial charge is 0.251 e. The van der Waals surface area contributed by atoms with Crippen molar-refractivity contribution in [1.82, 2.24) is 20.9 Å². The van der Waals surface area contributed by atoms with Gasteiger partial charge in [0.1, 0.15) is 5.01 Å². The summed E-state index contributed by atoms with van der Waals surface area (Å²) in [5.41, 5.74) is 2.83. The largest absolute Gasteiger partial charge is 0.352 e. The van der Waals surface area contributed by atoms with Gasteiger partial charge in [0, 0.05) is 31.1 Å². The highest BCUT2D eigenvalue weighted by molar-refractivity contribution is 7.09. The van der Waals surface area contributed by atoms with Crippen molar-refractivity contribution in [2.45, 2.75) is 46.2 Å². The van der Waals surface area contributed by atoms with E-state index in [0.29, 0.717) is 37.1 Å². The lowest BCUT2D eigenvalue weighted by Gasteiger charge is -2.12. The number of hydrogen-bond acceptors (Lipinski definition) is 4. The topological polar surface area (TPSA) is 78.4 Å². The van der Waals surface area contributed by atoms with E-state index in [9.17, 15) is 4.79 Å². The first-order valence-corrected chi connectivity index (χ1v) is 10.2. The van der Waals surface area contributed by atoms with Crippen LogP contribution in [-0.2, 0) is 13.1 Å². The molecule has 27 heavy (non-hydrogen) atoms. The number of rotatable bonds is 8. The molecule has 0 fully saturated rings. The molecule has 0 aliphatic rings. The van der Waals surface area contributed by atoms with Crippen molar-refractivity contribution in [3.05, 3.63) is 51.5 Å². The van der Waals surface area contributed by atoms with Crippen LogP contribution in [0.3, 0.4) is 0 Å². The lowest BCUT2D eigenvalue weighted by Crippen LogP contribution is -2.36. The zero-order chi connectivity index (χ0) is 19.6. The Morgan fingerprint density at radius 3 is 2.67 bits per heavy atom. The second-order valence-corrected chi connectivity index (χ2v) is 7.50. The van der Waals surface area contributed by atoms with Crippen LogP contribution < -0.4 is 16.0 Å². The number of guanidine groups is 1. The number of nitrogens with zero attached hydrogens (tertiary/aromatic N) is 2. The van der Waals surface area contributed by atoms with E-state index < -0.39 is 0 Å². The summed E-state index contributed by atoms with van der Waals surface area (Å²) < 4.78 is 0. The number of aliphatic imine (C=N–C) groups is 1. The summed E-state index contributed by atoms with van der Waals surface area (Å²) in [7, 11) is 1.74. The maximum Gasteiger partial charge on any atom is 0.251 e. The molecule has 6 nitrogen and oxygen atoms in total. The van der Waals surface area contributed by atoms with E-state index in [2.05, 4.69) is 45.2 Å². The van der Waals surface area contributed by atoms with E-state index in [0.717, 1.165) is 22.7 Å². The van der Waals surface area contributed by atoms with Gasteiger partial charge in [-0.1, -0.05) is 32.9 Å². The fourth-order valence-corrected chi connectivity index (χ4v) is 3.30. The first-order chi connectivity index (χ1) is 13.0. The minimum absolute atomic E-state index is 0.0362. The van der Waals surface area contributed by atoms with Crippen LogP contribution in [-0.4, -0.2) is 30.4 Å². The van der Waals surface area contributed by atoms with Crippen LogP contribution in [0.15, 0.2) is 34.6 Å². The number of hydrogen-bond donors (Lipinski definition) is 3. The summed E-state index contributed by atoms with van der Waals surface area (Å²) in [6.07, 6.45) is 0.923. The lowest BCUT2D eigenvalue weighted by molar-refractivity contribution is 0.0953. The number of nitrogens with one attached hydrogen (secondary N) is 3. The van der Waals surface area contributed by atoms with Gasteiger partial charge in [0.2, 0.25) is 0 Å². The Morgan fingerprint density at radius 1 is 1.22 bits per heavy atom. The van der Waals surface area contributed by atoms with Gasteiger partial charge in [-0.25, -0.2) is 4.98 Å². The number of aromatic nitrogens is 1. The first kappa shape index (κ1) is 20.9. The normalized spacial score (nSPS) is 11.5. The Balaban J connectivity index is 1.87. The van der Waals surface area contributed by atoms with Crippen LogP contribution in [0.4, 0.5) is 0 Å². The van der Waals surface area contributed by atoms with Gasteiger partial charge in [-0.2, -0.15) is 0 Å². The number of thiazole rings is 1. The molecule has 0 aliphatic heterocycles. The van der Waals surface area contributed by atoms with Crippen LogP contribution in [0, 0.1) is 0 Å². The summed E-state index contributed by atoms with van der Waals surface area (Å²) in [4.78, 5) is 21.0. The molecule has 0 atom stereocenters. The Kier molecular flexibility index (Phi) is 8.26. The van der Waals surface area contributed by atoms with E-state index in [4.69, 9.17) is 0 Å². The summed E-state index contributed by atoms with van der Waals surface area (Å²) in [6.45, 7) is 8.23. The molecule has 1 amide bonds. The second kappa shape index (κ2) is 10.7. The van der Waals surface area contributed by atoms with Gasteiger partial charge in [0.05, 0.1) is 12.2 Å². The van der Waals surface area contributed by atoms with Gasteiger partial charge in [-0.15, -0.1) is 11.3 Å². The number of benzene rings is 1. The quantitative estimate of drug-likeness (QED) is 0.480. The third-order valence-electron chi connectivity index (χ3n) is 3.98. The van der Waals surface area contributed by atoms with Gasteiger partial charge < -0.3 is 16.0 Å². The molecule has 1 aromatic carbocycles. The Hall–Kier alpha value is -2.41. The number of amides is 1. The van der Waals surface area contributed by atoms with Crippen LogP contribution in [0.5, 0.6) is 0 Å². The van der Waals surface area contributed by atoms with E-state index in [1.165, 1.54) is 0 Å². The number of carbonyl (C=O) groups is 1. The molecular weight excluding hydrogens is 358 g/mol. The van der Waals surface area contributed by atoms with E-state index in [1.807, 2.05) is 31.2 Å². The highest BCUT2D eigenvalue weighted by Gasteiger charge is 2.08. The third-order valence-corrected chi connectivity index (χ3v) is 4.84. The van der Waals surface area contributed by atoms with Crippen LogP contribution in [0.2, 0.25) is 0 Å². The summed E-state index contributed by atoms with van der Waals surface area (Å²) in [6, 6.07) is 7.63. The second-order valence-electron chi connectivity index (χ2n) is 6.56. The van der Waals surface area contributed by atoms with E-state index >= 15 is 0 Å². The zero-order valence-corrected chi connectivity index (χ0v) is 17.3. The molecule has 0 saturated carbocycles. The van der Waals surface area contributed by atoms with Gasteiger partial charge in [0.15, 0.2) is 5.96 Å². The Labute approximate surface area is 165 Å². The molecule has 0 saturated heterocycles. The molecule has 0 spiro atoms. The van der Waals surface area contributed by atoms with Crippen molar-refractivity contribution < 1.29 is 4.79 Å². The number of carbonyl (C=O) groups excluding carboxylic acids is 1. The maximum absolute atomic E-state index is 12.1. The predicted octanol–water partition coefficient (Wildman–Crippen LogP) is 3.27. The predicted molar refractivity (Wildman–Crippen MR) is 112 cm³/mol. The van der Waals surface area contributed by atoms with Gasteiger partial charge in [0.25, 0.3) is 5.91 Å². The molecule has 0 unspecified atom stereocenters. The fourth-order valence-electron chi connectivity index (χ4n) is 2.40. The monoisotopic (exact) mass is 387 g/mol. The van der Waals surface area contributed by atoms with Crippen LogP contribution in [0.25, 0.3) is 0 Å². The maximum atomic E-state index is 12.1. The molecule has 3 N–H and O–H groups in total. The van der Waals surface area contributed by atoms with Crippen molar-refractivity contribution in [3.8, 4) is 0 Å². The lowest BCUT2D eigenvalue weighted by atomic mass is 10.1. The summed E-state index contributed by atoms with van der Waals surface area (Å²) in [5.74, 6) is 1.11. The molecule has 0 radical (unpaired) electrons. The fraction of sp³-hybridized carbons (Fsp3) is 0.450. The zero-order valence-electron chi connectivity index (χ0n) is 16.5. The van der Waals surface area contributed by atoms with Crippen molar-refractivity contribution >= 4 is 23.2 Å². The highest BCUT2D eigenvalue weighted by atomic mass is 32.1. The summed E-state index contributed by atoms with van der Waals surface area (Å²) in [5, 5.41) is 12.6. The van der Waals surface area contributed by atoms with Crippen LogP contribution in [0.1, 0.15) is 59.7 Å². The molecule has 2 rings (SSSR count). The highest BCUT2D eigenvalue weighted by Crippen LogP contribution is 2.17. The van der Waals surface area contributed by atoms with Crippen molar-refractivity contribution in [2.24, 2.45) is 4.99 Å². The standard InChI is InChI=1S/C20H29N5OS/c1-5-9-22-19(26)16-8-6-7-15(10-16)11-23-20(21-4)24-12-18-25-17(13-27-18)14(2)3/h6-8,10,13-14H,5,9,11-12H2,1-4H3,(H,22,26)(H2,21,23,24). The molecule has 2 aromatic rings. The van der Waals surface area contributed by atoms with E-state index in [-0.39, 0.29) is 5.91 Å². The molecule has 1 heterocycles. The Bertz CT molecular complexity index is 769. The summed E-state index contributed by atoms with van der Waals surface area (Å²) >= 11 is 1.66. The van der Waals surface area contributed by atoms with Crippen molar-refractivity contribution in [2.75, 3.05) is 13.6 Å². The van der Waals surface area contributed by atoms with Crippen molar-refractivity contribution in [3.63, 3.8) is 0 Å². The molecular formula is C20H29N5OS. The minimum atomic E-state index is -0.0362. The average Bonchev–Trinajstić information content (AvgIpc) is 3.16. The van der Waals surface area contributed by atoms with Gasteiger partial charge >= 0.3 is 0 Å². The van der Waals surface area contributed by atoms with Crippen molar-refractivity contribution in [1.29, 1.82) is 0 Å². The third kappa shape index (κ3) is 6.67. The SMILES string of the molecule is CCCNC(=O)c1cccc(CNC(=NC)NCc2nc(C(C)C)cs2)c1. The van der Waals surface area contributed by atoms with Gasteiger partial charge in [-0.05, 0) is 30.0 Å². The first-order valence-electron chi connectivity index (χ1n) is 9.29. The molecule has 1 aromatic heterocycles. The molecule has 0 bridgehead atoms. The van der Waals surface area contributed by atoms with Crippen LogP contribution >= 0.6 is 11.3 Å². The molecule has 7 heteroatoms. The Morgan fingerprint density at radius 2 is 2.00 bits per heavy atom. The van der Waals surface area contributed by atoms with Gasteiger partial charge in [-0.3, -0.25) is 9.79 Å². The molecule has 0 aliphatic carbocycles.